The number of nitrogens with one attached hydrogen (secondary N) is 1. The molecule has 1 aliphatic carbocycles. The number of hydrogen-bond acceptors (Lipinski definition) is 3. The fraction of sp³-hybridized carbons (Fsp3) is 0.611. The van der Waals surface area contributed by atoms with Crippen LogP contribution in [0.2, 0.25) is 0 Å². The molecule has 6 heteroatoms. The number of nitrogens with zero attached hydrogens (tertiary/aromatic N) is 1. The van der Waals surface area contributed by atoms with Crippen molar-refractivity contribution in [2.75, 3.05) is 18.9 Å². The molecular weight excluding hydrogens is 345 g/mol. The quantitative estimate of drug-likeness (QED) is 0.757. The molecule has 1 aromatic carbocycles. The molecule has 1 saturated carbocycles. The lowest BCUT2D eigenvalue weighted by Gasteiger charge is -2.31. The first kappa shape index (κ1) is 23.2. The van der Waals surface area contributed by atoms with Crippen molar-refractivity contribution in [2.24, 2.45) is 5.73 Å². The van der Waals surface area contributed by atoms with Gasteiger partial charge in [-0.3, -0.25) is 9.69 Å². The molecule has 1 amide bonds. The van der Waals surface area contributed by atoms with Crippen LogP contribution in [0.3, 0.4) is 0 Å². The molecule has 1 aromatic rings. The van der Waals surface area contributed by atoms with Crippen molar-refractivity contribution in [1.82, 2.24) is 4.90 Å². The van der Waals surface area contributed by atoms with Crippen LogP contribution >= 0.6 is 24.8 Å². The highest BCUT2D eigenvalue weighted by molar-refractivity contribution is 5.91. The van der Waals surface area contributed by atoms with E-state index in [1.165, 1.54) is 37.7 Å². The summed E-state index contributed by atoms with van der Waals surface area (Å²) < 4.78 is 0. The van der Waals surface area contributed by atoms with Gasteiger partial charge in [0.2, 0.25) is 5.91 Å². The predicted molar refractivity (Wildman–Crippen MR) is 106 cm³/mol. The summed E-state index contributed by atoms with van der Waals surface area (Å²) in [7, 11) is 2.20. The molecule has 138 valence electrons. The molecule has 24 heavy (non-hydrogen) atoms. The first-order valence-electron chi connectivity index (χ1n) is 8.48. The zero-order chi connectivity index (χ0) is 15.8. The van der Waals surface area contributed by atoms with Crippen LogP contribution in [-0.4, -0.2) is 30.4 Å². The molecule has 0 aliphatic heterocycles. The van der Waals surface area contributed by atoms with E-state index in [0.717, 1.165) is 18.7 Å². The van der Waals surface area contributed by atoms with E-state index >= 15 is 0 Å². The van der Waals surface area contributed by atoms with Crippen molar-refractivity contribution in [3.8, 4) is 0 Å². The van der Waals surface area contributed by atoms with Gasteiger partial charge in [0.15, 0.2) is 0 Å². The maximum absolute atomic E-state index is 11.9. The van der Waals surface area contributed by atoms with Crippen molar-refractivity contribution in [1.29, 1.82) is 0 Å². The minimum Gasteiger partial charge on any atom is -0.330 e. The molecule has 0 aromatic heterocycles. The van der Waals surface area contributed by atoms with E-state index in [2.05, 4.69) is 23.3 Å². The molecular formula is C18H31Cl2N3O. The zero-order valence-electron chi connectivity index (χ0n) is 14.5. The minimum absolute atomic E-state index is 0. The minimum atomic E-state index is 0. The van der Waals surface area contributed by atoms with Crippen LogP contribution in [0.5, 0.6) is 0 Å². The molecule has 2 rings (SSSR count). The molecule has 0 unspecified atom stereocenters. The standard InChI is InChI=1S/C18H29N3O.2ClH/c1-21(16-9-3-2-4-10-16)14-15-8-5-6-11-17(15)20-18(22)12-7-13-19;;/h5-6,8,11,16H,2-4,7,9-10,12-14,19H2,1H3,(H,20,22);2*1H. The van der Waals surface area contributed by atoms with Gasteiger partial charge in [-0.15, -0.1) is 24.8 Å². The van der Waals surface area contributed by atoms with E-state index in [0.29, 0.717) is 19.0 Å². The SMILES string of the molecule is CN(Cc1ccccc1NC(=O)CCCN)C1CCCCC1.Cl.Cl. The molecule has 1 aliphatic rings. The number of nitrogens with two attached hydrogens (primary N) is 1. The maximum atomic E-state index is 11.9. The predicted octanol–water partition coefficient (Wildman–Crippen LogP) is 3.97. The lowest BCUT2D eigenvalue weighted by molar-refractivity contribution is -0.116. The number of anilines is 1. The van der Waals surface area contributed by atoms with Gasteiger partial charge in [-0.2, -0.15) is 0 Å². The molecule has 0 spiro atoms. The second-order valence-electron chi connectivity index (χ2n) is 6.30. The number of carbonyl (C=O) groups is 1. The molecule has 3 N–H and O–H groups in total. The van der Waals surface area contributed by atoms with Crippen molar-refractivity contribution in [2.45, 2.75) is 57.5 Å². The Morgan fingerprint density at radius 2 is 1.88 bits per heavy atom. The van der Waals surface area contributed by atoms with Crippen molar-refractivity contribution in [3.05, 3.63) is 29.8 Å². The number of hydrogen-bond donors (Lipinski definition) is 2. The summed E-state index contributed by atoms with van der Waals surface area (Å²) in [4.78, 5) is 14.4. The molecule has 0 atom stereocenters. The molecule has 0 saturated heterocycles. The summed E-state index contributed by atoms with van der Waals surface area (Å²) >= 11 is 0. The monoisotopic (exact) mass is 375 g/mol. The number of benzene rings is 1. The Bertz CT molecular complexity index is 479. The highest BCUT2D eigenvalue weighted by atomic mass is 35.5. The van der Waals surface area contributed by atoms with Gasteiger partial charge in [0.25, 0.3) is 0 Å². The molecule has 0 radical (unpaired) electrons. The Morgan fingerprint density at radius 1 is 1.21 bits per heavy atom. The number of para-hydroxylation sites is 1. The normalized spacial score (nSPS) is 14.6. The van der Waals surface area contributed by atoms with E-state index < -0.39 is 0 Å². The van der Waals surface area contributed by atoms with E-state index in [4.69, 9.17) is 5.73 Å². The average molecular weight is 376 g/mol. The smallest absolute Gasteiger partial charge is 0.224 e. The van der Waals surface area contributed by atoms with Crippen LogP contribution in [0.25, 0.3) is 0 Å². The van der Waals surface area contributed by atoms with Crippen LogP contribution in [0, 0.1) is 0 Å². The second-order valence-corrected chi connectivity index (χ2v) is 6.30. The highest BCUT2D eigenvalue weighted by Crippen LogP contribution is 2.24. The first-order valence-corrected chi connectivity index (χ1v) is 8.48. The number of amides is 1. The van der Waals surface area contributed by atoms with Crippen molar-refractivity contribution >= 4 is 36.4 Å². The Hall–Kier alpha value is -0.810. The Kier molecular flexibility index (Phi) is 12.1. The van der Waals surface area contributed by atoms with Crippen LogP contribution in [0.15, 0.2) is 24.3 Å². The maximum Gasteiger partial charge on any atom is 0.224 e. The van der Waals surface area contributed by atoms with Gasteiger partial charge in [-0.1, -0.05) is 37.5 Å². The van der Waals surface area contributed by atoms with Gasteiger partial charge in [0.05, 0.1) is 0 Å². The number of halogens is 2. The van der Waals surface area contributed by atoms with Crippen molar-refractivity contribution in [3.63, 3.8) is 0 Å². The molecule has 0 bridgehead atoms. The number of rotatable bonds is 7. The summed E-state index contributed by atoms with van der Waals surface area (Å²) in [5.41, 5.74) is 7.59. The van der Waals surface area contributed by atoms with Crippen molar-refractivity contribution < 1.29 is 4.79 Å². The Balaban J connectivity index is 0.00000264. The van der Waals surface area contributed by atoms with E-state index in [1.54, 1.807) is 0 Å². The molecule has 1 fully saturated rings. The Morgan fingerprint density at radius 3 is 2.54 bits per heavy atom. The van der Waals surface area contributed by atoms with Gasteiger partial charge >= 0.3 is 0 Å². The first-order chi connectivity index (χ1) is 10.7. The van der Waals surface area contributed by atoms with Gasteiger partial charge < -0.3 is 11.1 Å². The highest BCUT2D eigenvalue weighted by Gasteiger charge is 2.19. The average Bonchev–Trinajstić information content (AvgIpc) is 2.55. The van der Waals surface area contributed by atoms with Gasteiger partial charge in [-0.05, 0) is 44.5 Å². The summed E-state index contributed by atoms with van der Waals surface area (Å²) in [6.45, 7) is 1.44. The van der Waals surface area contributed by atoms with Gasteiger partial charge in [0.1, 0.15) is 0 Å². The fourth-order valence-corrected chi connectivity index (χ4v) is 3.18. The third-order valence-corrected chi connectivity index (χ3v) is 4.52. The molecule has 0 heterocycles. The fourth-order valence-electron chi connectivity index (χ4n) is 3.18. The third kappa shape index (κ3) is 7.39. The van der Waals surface area contributed by atoms with E-state index in [-0.39, 0.29) is 30.7 Å². The summed E-state index contributed by atoms with van der Waals surface area (Å²) in [6, 6.07) is 8.79. The zero-order valence-corrected chi connectivity index (χ0v) is 16.1. The summed E-state index contributed by atoms with van der Waals surface area (Å²) in [5, 5.41) is 3.03. The second kappa shape index (κ2) is 12.5. The van der Waals surface area contributed by atoms with Crippen LogP contribution in [0.1, 0.15) is 50.5 Å². The Labute approximate surface area is 158 Å². The lowest BCUT2D eigenvalue weighted by atomic mass is 9.94. The van der Waals surface area contributed by atoms with Gasteiger partial charge in [0, 0.05) is 24.7 Å². The summed E-state index contributed by atoms with van der Waals surface area (Å²) in [5.74, 6) is 0.0539. The largest absolute Gasteiger partial charge is 0.330 e. The van der Waals surface area contributed by atoms with Crippen LogP contribution < -0.4 is 11.1 Å². The van der Waals surface area contributed by atoms with E-state index in [9.17, 15) is 4.79 Å². The third-order valence-electron chi connectivity index (χ3n) is 4.52. The lowest BCUT2D eigenvalue weighted by Crippen LogP contribution is -2.33. The molecule has 4 nitrogen and oxygen atoms in total. The van der Waals surface area contributed by atoms with Crippen LogP contribution in [-0.2, 0) is 11.3 Å². The van der Waals surface area contributed by atoms with Crippen LogP contribution in [0.4, 0.5) is 5.69 Å². The van der Waals surface area contributed by atoms with Gasteiger partial charge in [-0.25, -0.2) is 0 Å². The number of carbonyl (C=O) groups excluding carboxylic acids is 1. The summed E-state index contributed by atoms with van der Waals surface area (Å²) in [6.07, 6.45) is 7.86. The van der Waals surface area contributed by atoms with E-state index in [1.807, 2.05) is 18.2 Å². The topological polar surface area (TPSA) is 58.4 Å².